The molecule has 0 saturated heterocycles. The van der Waals surface area contributed by atoms with Crippen LogP contribution >= 0.6 is 0 Å². The van der Waals surface area contributed by atoms with Crippen molar-refractivity contribution in [3.05, 3.63) is 35.4 Å². The van der Waals surface area contributed by atoms with Gasteiger partial charge in [-0.2, -0.15) is 0 Å². The van der Waals surface area contributed by atoms with E-state index in [4.69, 9.17) is 0 Å². The molecule has 19 heavy (non-hydrogen) atoms. The lowest BCUT2D eigenvalue weighted by Gasteiger charge is -2.29. The van der Waals surface area contributed by atoms with Gasteiger partial charge in [-0.25, -0.2) is 0 Å². The average molecular weight is 260 g/mol. The number of aliphatic hydroxyl groups is 1. The Morgan fingerprint density at radius 3 is 2.11 bits per heavy atom. The Kier molecular flexibility index (Phi) is 4.67. The molecule has 1 aliphatic carbocycles. The van der Waals surface area contributed by atoms with E-state index in [2.05, 4.69) is 45.0 Å². The van der Waals surface area contributed by atoms with E-state index in [1.807, 2.05) is 0 Å². The number of aliphatic hydroxyl groups excluding tert-OH is 1. The lowest BCUT2D eigenvalue weighted by Crippen LogP contribution is -2.22. The molecule has 1 heteroatoms. The van der Waals surface area contributed by atoms with E-state index in [-0.39, 0.29) is 12.0 Å². The van der Waals surface area contributed by atoms with Crippen LogP contribution in [0.4, 0.5) is 0 Å². The van der Waals surface area contributed by atoms with Crippen LogP contribution in [0.1, 0.15) is 69.9 Å². The van der Waals surface area contributed by atoms with Gasteiger partial charge in [-0.05, 0) is 48.6 Å². The summed E-state index contributed by atoms with van der Waals surface area (Å²) in [7, 11) is 0. The zero-order valence-electron chi connectivity index (χ0n) is 12.7. The third kappa shape index (κ3) is 3.39. The Hall–Kier alpha value is -0.820. The van der Waals surface area contributed by atoms with Crippen LogP contribution in [0.3, 0.4) is 0 Å². The summed E-state index contributed by atoms with van der Waals surface area (Å²) in [6.07, 6.45) is 6.83. The van der Waals surface area contributed by atoms with E-state index >= 15 is 0 Å². The van der Waals surface area contributed by atoms with Crippen molar-refractivity contribution in [3.63, 3.8) is 0 Å². The second-order valence-electron chi connectivity index (χ2n) is 6.79. The van der Waals surface area contributed by atoms with Crippen molar-refractivity contribution in [1.29, 1.82) is 0 Å². The van der Waals surface area contributed by atoms with Crippen LogP contribution < -0.4 is 0 Å². The predicted molar refractivity (Wildman–Crippen MR) is 81.5 cm³/mol. The van der Waals surface area contributed by atoms with Crippen molar-refractivity contribution < 1.29 is 5.11 Å². The Morgan fingerprint density at radius 2 is 1.63 bits per heavy atom. The molecule has 1 aliphatic rings. The van der Waals surface area contributed by atoms with Crippen LogP contribution in [-0.2, 0) is 5.41 Å². The topological polar surface area (TPSA) is 20.2 Å². The van der Waals surface area contributed by atoms with Gasteiger partial charge in [-0.3, -0.25) is 0 Å². The lowest BCUT2D eigenvalue weighted by molar-refractivity contribution is 0.218. The molecule has 1 aromatic rings. The molecule has 0 spiro atoms. The van der Waals surface area contributed by atoms with E-state index in [9.17, 15) is 5.11 Å². The number of hydrogen-bond acceptors (Lipinski definition) is 1. The van der Waals surface area contributed by atoms with Gasteiger partial charge in [0.2, 0.25) is 0 Å². The third-order valence-electron chi connectivity index (χ3n) is 4.98. The highest BCUT2D eigenvalue weighted by molar-refractivity contribution is 5.30. The van der Waals surface area contributed by atoms with Gasteiger partial charge in [0.1, 0.15) is 0 Å². The molecule has 1 saturated carbocycles. The maximum Gasteiger partial charge on any atom is 0.0522 e. The van der Waals surface area contributed by atoms with Crippen LogP contribution in [0.2, 0.25) is 0 Å². The van der Waals surface area contributed by atoms with Crippen LogP contribution in [0.5, 0.6) is 0 Å². The van der Waals surface area contributed by atoms with Gasteiger partial charge in [-0.1, -0.05) is 51.5 Å². The summed E-state index contributed by atoms with van der Waals surface area (Å²) >= 11 is 0. The van der Waals surface area contributed by atoms with E-state index in [1.165, 1.54) is 43.2 Å². The second-order valence-corrected chi connectivity index (χ2v) is 6.79. The number of hydrogen-bond donors (Lipinski definition) is 1. The predicted octanol–water partition coefficient (Wildman–Crippen LogP) is 4.64. The van der Waals surface area contributed by atoms with Crippen LogP contribution in [0.25, 0.3) is 0 Å². The molecule has 2 rings (SSSR count). The molecule has 0 unspecified atom stereocenters. The molecule has 1 nitrogen and oxygen atoms in total. The van der Waals surface area contributed by atoms with Crippen molar-refractivity contribution in [2.45, 2.75) is 64.2 Å². The minimum atomic E-state index is -0.127. The Balaban J connectivity index is 2.03. The maximum absolute atomic E-state index is 9.42. The Bertz CT molecular complexity index is 383. The first-order valence-electron chi connectivity index (χ1n) is 7.78. The molecule has 106 valence electrons. The molecule has 1 aromatic carbocycles. The molecule has 0 bridgehead atoms. The summed E-state index contributed by atoms with van der Waals surface area (Å²) in [4.78, 5) is 0. The first kappa shape index (κ1) is 14.6. The lowest BCUT2D eigenvalue weighted by atomic mass is 9.77. The molecule has 0 aliphatic heterocycles. The zero-order chi connectivity index (χ0) is 13.9. The highest BCUT2D eigenvalue weighted by Gasteiger charge is 2.23. The normalized spacial score (nSPS) is 24.4. The van der Waals surface area contributed by atoms with Gasteiger partial charge in [-0.15, -0.1) is 0 Å². The van der Waals surface area contributed by atoms with Crippen LogP contribution in [0, 0.1) is 5.92 Å². The highest BCUT2D eigenvalue weighted by Crippen LogP contribution is 2.37. The van der Waals surface area contributed by atoms with Crippen molar-refractivity contribution in [1.82, 2.24) is 0 Å². The maximum atomic E-state index is 9.42. The average Bonchev–Trinajstić information content (AvgIpc) is 2.47. The fraction of sp³-hybridized carbons (Fsp3) is 0.667. The van der Waals surface area contributed by atoms with Crippen molar-refractivity contribution in [2.24, 2.45) is 5.92 Å². The summed E-state index contributed by atoms with van der Waals surface area (Å²) in [6, 6.07) is 8.97. The summed E-state index contributed by atoms with van der Waals surface area (Å²) in [5, 5.41) is 9.42. The largest absolute Gasteiger partial charge is 0.395 e. The van der Waals surface area contributed by atoms with E-state index in [0.717, 1.165) is 11.8 Å². The van der Waals surface area contributed by atoms with E-state index in [0.29, 0.717) is 0 Å². The first-order valence-corrected chi connectivity index (χ1v) is 7.78. The van der Waals surface area contributed by atoms with E-state index < -0.39 is 0 Å². The van der Waals surface area contributed by atoms with Crippen LogP contribution in [-0.4, -0.2) is 11.7 Å². The summed E-state index contributed by atoms with van der Waals surface area (Å²) in [6.45, 7) is 6.70. The monoisotopic (exact) mass is 260 g/mol. The minimum absolute atomic E-state index is 0.127. The molecule has 0 heterocycles. The second kappa shape index (κ2) is 6.09. The van der Waals surface area contributed by atoms with Gasteiger partial charge in [0.25, 0.3) is 0 Å². The van der Waals surface area contributed by atoms with Gasteiger partial charge >= 0.3 is 0 Å². The van der Waals surface area contributed by atoms with Crippen molar-refractivity contribution in [2.75, 3.05) is 6.61 Å². The van der Waals surface area contributed by atoms with Gasteiger partial charge in [0.15, 0.2) is 0 Å². The number of rotatable bonds is 4. The van der Waals surface area contributed by atoms with Gasteiger partial charge in [0.05, 0.1) is 6.61 Å². The fourth-order valence-corrected chi connectivity index (χ4v) is 3.20. The summed E-state index contributed by atoms with van der Waals surface area (Å²) in [5.74, 6) is 1.72. The molecule has 0 amide bonds. The Labute approximate surface area is 118 Å². The molecular weight excluding hydrogens is 232 g/mol. The summed E-state index contributed by atoms with van der Waals surface area (Å²) in [5.41, 5.74) is 2.60. The van der Waals surface area contributed by atoms with Gasteiger partial charge < -0.3 is 5.11 Å². The minimum Gasteiger partial charge on any atom is -0.395 e. The van der Waals surface area contributed by atoms with Crippen molar-refractivity contribution >= 4 is 0 Å². The fourth-order valence-electron chi connectivity index (χ4n) is 3.20. The zero-order valence-corrected chi connectivity index (χ0v) is 12.7. The first-order chi connectivity index (χ1) is 9.06. The molecule has 0 atom stereocenters. The SMILES string of the molecule is CCC1CCC(c2ccc(C(C)(C)CO)cc2)CC1. The molecule has 1 N–H and O–H groups in total. The highest BCUT2D eigenvalue weighted by atomic mass is 16.3. The third-order valence-corrected chi connectivity index (χ3v) is 4.98. The van der Waals surface area contributed by atoms with Gasteiger partial charge in [0, 0.05) is 5.41 Å². The van der Waals surface area contributed by atoms with Crippen LogP contribution in [0.15, 0.2) is 24.3 Å². The number of benzene rings is 1. The molecule has 1 fully saturated rings. The Morgan fingerprint density at radius 1 is 1.05 bits per heavy atom. The molecule has 0 aromatic heterocycles. The quantitative estimate of drug-likeness (QED) is 0.836. The molecule has 0 radical (unpaired) electrons. The summed E-state index contributed by atoms with van der Waals surface area (Å²) < 4.78 is 0. The molecular formula is C18H28O. The standard InChI is InChI=1S/C18H28O/c1-4-14-5-7-15(8-6-14)16-9-11-17(12-10-16)18(2,3)13-19/h9-12,14-15,19H,4-8,13H2,1-3H3. The van der Waals surface area contributed by atoms with Crippen molar-refractivity contribution in [3.8, 4) is 0 Å². The smallest absolute Gasteiger partial charge is 0.0522 e. The van der Waals surface area contributed by atoms with E-state index in [1.54, 1.807) is 0 Å².